The summed E-state index contributed by atoms with van der Waals surface area (Å²) in [6, 6.07) is 11.5. The molecule has 114 valence electrons. The summed E-state index contributed by atoms with van der Waals surface area (Å²) in [6.45, 7) is 4.43. The lowest BCUT2D eigenvalue weighted by Crippen LogP contribution is -2.32. The molecule has 3 nitrogen and oxygen atoms in total. The van der Waals surface area contributed by atoms with Crippen LogP contribution in [-0.2, 0) is 11.2 Å². The molecule has 2 aromatic carbocycles. The third-order valence-electron chi connectivity index (χ3n) is 3.94. The van der Waals surface area contributed by atoms with Gasteiger partial charge in [-0.1, -0.05) is 29.3 Å². The number of benzene rings is 2. The monoisotopic (exact) mass is 315 g/mol. The molecule has 0 fully saturated rings. The fourth-order valence-electron chi connectivity index (χ4n) is 2.72. The molecular formula is C18H18ClNO2. The first-order valence-corrected chi connectivity index (χ1v) is 7.70. The van der Waals surface area contributed by atoms with Crippen molar-refractivity contribution in [1.82, 2.24) is 0 Å². The molecule has 0 saturated heterocycles. The smallest absolute Gasteiger partial charge is 0.231 e. The Morgan fingerprint density at radius 2 is 2.05 bits per heavy atom. The molecule has 1 aliphatic heterocycles. The van der Waals surface area contributed by atoms with E-state index >= 15 is 0 Å². The number of fused-ring (bicyclic) bond motifs is 1. The summed E-state index contributed by atoms with van der Waals surface area (Å²) in [4.78, 5) is 12.5. The average molecular weight is 316 g/mol. The standard InChI is InChI=1S/C18H18ClNO2/c1-11-3-5-16(12(2)7-11)20-18(21)14-8-13-9-15(19)4-6-17(13)22-10-14/h3-7,9,14H,8,10H2,1-2H3,(H,20,21)/t14-/m0/s1. The molecule has 3 rings (SSSR count). The number of nitrogens with one attached hydrogen (secondary N) is 1. The number of anilines is 1. The summed E-state index contributed by atoms with van der Waals surface area (Å²) in [5.74, 6) is 0.601. The van der Waals surface area contributed by atoms with Crippen LogP contribution in [0.4, 0.5) is 5.69 Å². The number of hydrogen-bond donors (Lipinski definition) is 1. The van der Waals surface area contributed by atoms with E-state index in [1.54, 1.807) is 6.07 Å². The number of carbonyl (C=O) groups excluding carboxylic acids is 1. The predicted molar refractivity (Wildman–Crippen MR) is 88.7 cm³/mol. The highest BCUT2D eigenvalue weighted by atomic mass is 35.5. The maximum atomic E-state index is 12.5. The number of amides is 1. The third kappa shape index (κ3) is 3.09. The Morgan fingerprint density at radius 3 is 2.82 bits per heavy atom. The zero-order valence-corrected chi connectivity index (χ0v) is 13.4. The molecule has 0 spiro atoms. The van der Waals surface area contributed by atoms with Crippen molar-refractivity contribution in [2.24, 2.45) is 5.92 Å². The largest absolute Gasteiger partial charge is 0.492 e. The highest BCUT2D eigenvalue weighted by Crippen LogP contribution is 2.30. The quantitative estimate of drug-likeness (QED) is 0.904. The van der Waals surface area contributed by atoms with E-state index in [0.29, 0.717) is 18.1 Å². The van der Waals surface area contributed by atoms with Crippen LogP contribution in [0.2, 0.25) is 5.02 Å². The molecule has 4 heteroatoms. The first kappa shape index (κ1) is 14.9. The van der Waals surface area contributed by atoms with Crippen LogP contribution >= 0.6 is 11.6 Å². The van der Waals surface area contributed by atoms with Gasteiger partial charge in [0.05, 0.1) is 5.92 Å². The number of aryl methyl sites for hydroxylation is 2. The van der Waals surface area contributed by atoms with Crippen LogP contribution in [0, 0.1) is 19.8 Å². The van der Waals surface area contributed by atoms with Gasteiger partial charge in [0.1, 0.15) is 12.4 Å². The Hall–Kier alpha value is -2.00. The Morgan fingerprint density at radius 1 is 1.23 bits per heavy atom. The molecule has 1 heterocycles. The molecule has 1 amide bonds. The molecule has 0 aliphatic carbocycles. The van der Waals surface area contributed by atoms with Crippen molar-refractivity contribution < 1.29 is 9.53 Å². The van der Waals surface area contributed by atoms with Crippen LogP contribution in [0.1, 0.15) is 16.7 Å². The second-order valence-electron chi connectivity index (χ2n) is 5.77. The minimum atomic E-state index is -0.202. The summed E-state index contributed by atoms with van der Waals surface area (Å²) < 4.78 is 5.68. The van der Waals surface area contributed by atoms with Crippen molar-refractivity contribution in [3.8, 4) is 5.75 Å². The van der Waals surface area contributed by atoms with Crippen molar-refractivity contribution in [1.29, 1.82) is 0 Å². The van der Waals surface area contributed by atoms with Crippen LogP contribution in [0.5, 0.6) is 5.75 Å². The third-order valence-corrected chi connectivity index (χ3v) is 4.17. The Balaban J connectivity index is 1.74. The van der Waals surface area contributed by atoms with Crippen LogP contribution in [0.15, 0.2) is 36.4 Å². The lowest BCUT2D eigenvalue weighted by molar-refractivity contribution is -0.121. The van der Waals surface area contributed by atoms with E-state index in [1.165, 1.54) is 5.56 Å². The fourth-order valence-corrected chi connectivity index (χ4v) is 2.91. The Kier molecular flexibility index (Phi) is 4.08. The lowest BCUT2D eigenvalue weighted by Gasteiger charge is -2.25. The van der Waals surface area contributed by atoms with Crippen LogP contribution in [0.3, 0.4) is 0 Å². The summed E-state index contributed by atoms with van der Waals surface area (Å²) in [7, 11) is 0. The summed E-state index contributed by atoms with van der Waals surface area (Å²) in [5, 5.41) is 3.67. The van der Waals surface area contributed by atoms with E-state index in [-0.39, 0.29) is 11.8 Å². The van der Waals surface area contributed by atoms with Gasteiger partial charge in [-0.25, -0.2) is 0 Å². The SMILES string of the molecule is Cc1ccc(NC(=O)[C@@H]2COc3ccc(Cl)cc3C2)c(C)c1. The predicted octanol–water partition coefficient (Wildman–Crippen LogP) is 4.15. The highest BCUT2D eigenvalue weighted by Gasteiger charge is 2.26. The minimum Gasteiger partial charge on any atom is -0.492 e. The van der Waals surface area contributed by atoms with E-state index in [1.807, 2.05) is 38.1 Å². The molecule has 0 aromatic heterocycles. The zero-order chi connectivity index (χ0) is 15.7. The maximum Gasteiger partial charge on any atom is 0.231 e. The van der Waals surface area contributed by atoms with Crippen LogP contribution < -0.4 is 10.1 Å². The Labute approximate surface area is 135 Å². The van der Waals surface area contributed by atoms with E-state index in [0.717, 1.165) is 22.6 Å². The van der Waals surface area contributed by atoms with Crippen molar-refractivity contribution >= 4 is 23.2 Å². The molecule has 1 aliphatic rings. The highest BCUT2D eigenvalue weighted by molar-refractivity contribution is 6.30. The molecule has 0 unspecified atom stereocenters. The molecule has 0 saturated carbocycles. The molecule has 22 heavy (non-hydrogen) atoms. The van der Waals surface area contributed by atoms with E-state index in [2.05, 4.69) is 11.4 Å². The molecule has 0 bridgehead atoms. The minimum absolute atomic E-state index is 0.0161. The zero-order valence-electron chi connectivity index (χ0n) is 12.7. The van der Waals surface area contributed by atoms with Gasteiger partial charge in [0.25, 0.3) is 0 Å². The van der Waals surface area contributed by atoms with E-state index < -0.39 is 0 Å². The molecule has 0 radical (unpaired) electrons. The van der Waals surface area contributed by atoms with Crippen molar-refractivity contribution in [3.63, 3.8) is 0 Å². The van der Waals surface area contributed by atoms with E-state index in [4.69, 9.17) is 16.3 Å². The van der Waals surface area contributed by atoms with Crippen molar-refractivity contribution in [3.05, 3.63) is 58.1 Å². The van der Waals surface area contributed by atoms with Gasteiger partial charge in [-0.2, -0.15) is 0 Å². The average Bonchev–Trinajstić information content (AvgIpc) is 2.49. The van der Waals surface area contributed by atoms with Gasteiger partial charge in [0.2, 0.25) is 5.91 Å². The topological polar surface area (TPSA) is 38.3 Å². The van der Waals surface area contributed by atoms with Crippen molar-refractivity contribution in [2.75, 3.05) is 11.9 Å². The maximum absolute atomic E-state index is 12.5. The molecular weight excluding hydrogens is 298 g/mol. The normalized spacial score (nSPS) is 16.6. The van der Waals surface area contributed by atoms with Gasteiger partial charge in [-0.15, -0.1) is 0 Å². The van der Waals surface area contributed by atoms with E-state index in [9.17, 15) is 4.79 Å². The number of halogens is 1. The molecule has 2 aromatic rings. The lowest BCUT2D eigenvalue weighted by atomic mass is 9.96. The number of carbonyl (C=O) groups is 1. The van der Waals surface area contributed by atoms with Gasteiger partial charge in [-0.05, 0) is 55.7 Å². The van der Waals surface area contributed by atoms with Gasteiger partial charge in [-0.3, -0.25) is 4.79 Å². The van der Waals surface area contributed by atoms with Crippen LogP contribution in [0.25, 0.3) is 0 Å². The van der Waals surface area contributed by atoms with Gasteiger partial charge < -0.3 is 10.1 Å². The summed E-state index contributed by atoms with van der Waals surface area (Å²) in [6.07, 6.45) is 0.645. The second-order valence-corrected chi connectivity index (χ2v) is 6.21. The fraction of sp³-hybridized carbons (Fsp3) is 0.278. The first-order valence-electron chi connectivity index (χ1n) is 7.32. The van der Waals surface area contributed by atoms with Crippen LogP contribution in [-0.4, -0.2) is 12.5 Å². The van der Waals surface area contributed by atoms with Crippen molar-refractivity contribution in [2.45, 2.75) is 20.3 Å². The molecule has 1 N–H and O–H groups in total. The molecule has 1 atom stereocenters. The van der Waals surface area contributed by atoms with Gasteiger partial charge in [0.15, 0.2) is 0 Å². The van der Waals surface area contributed by atoms with Gasteiger partial charge in [0, 0.05) is 10.7 Å². The van der Waals surface area contributed by atoms with Gasteiger partial charge >= 0.3 is 0 Å². The number of rotatable bonds is 2. The summed E-state index contributed by atoms with van der Waals surface area (Å²) >= 11 is 6.01. The number of ether oxygens (including phenoxy) is 1. The first-order chi connectivity index (χ1) is 10.5. The Bertz CT molecular complexity index is 727. The number of hydrogen-bond acceptors (Lipinski definition) is 2. The summed E-state index contributed by atoms with van der Waals surface area (Å²) in [5.41, 5.74) is 4.08. The second kappa shape index (κ2) is 6.01.